The summed E-state index contributed by atoms with van der Waals surface area (Å²) in [5.41, 5.74) is 8.59. The van der Waals surface area contributed by atoms with Crippen molar-refractivity contribution < 1.29 is 9.53 Å². The summed E-state index contributed by atoms with van der Waals surface area (Å²) in [6.45, 7) is 0. The van der Waals surface area contributed by atoms with Gasteiger partial charge in [0.05, 0.1) is 7.11 Å². The molecule has 0 saturated carbocycles. The van der Waals surface area contributed by atoms with Crippen LogP contribution in [0.3, 0.4) is 0 Å². The van der Waals surface area contributed by atoms with Crippen molar-refractivity contribution in [1.29, 1.82) is 0 Å². The summed E-state index contributed by atoms with van der Waals surface area (Å²) < 4.78 is 6.95. The molecule has 4 heteroatoms. The molecule has 1 aromatic heterocycles. The minimum absolute atomic E-state index is 0.252. The van der Waals surface area contributed by atoms with E-state index in [4.69, 9.17) is 10.5 Å². The summed E-state index contributed by atoms with van der Waals surface area (Å²) in [7, 11) is 1.42. The number of nitrogens with zero attached hydrogens (tertiary/aromatic N) is 1. The number of nitrogens with two attached hydrogens (primary N) is 1. The number of nitrogen functional groups attached to an aromatic ring is 1. The third kappa shape index (κ3) is 2.68. The zero-order chi connectivity index (χ0) is 15.5. The number of anilines is 1. The number of rotatable bonds is 4. The van der Waals surface area contributed by atoms with Crippen molar-refractivity contribution in [2.24, 2.45) is 0 Å². The molecule has 3 aromatic rings. The van der Waals surface area contributed by atoms with Crippen LogP contribution in [0, 0.1) is 0 Å². The van der Waals surface area contributed by atoms with Gasteiger partial charge in [0, 0.05) is 29.2 Å². The second-order valence-corrected chi connectivity index (χ2v) is 5.27. The van der Waals surface area contributed by atoms with Gasteiger partial charge in [-0.15, -0.1) is 0 Å². The highest BCUT2D eigenvalue weighted by molar-refractivity contribution is 5.86. The van der Waals surface area contributed by atoms with Crippen molar-refractivity contribution in [1.82, 2.24) is 4.57 Å². The van der Waals surface area contributed by atoms with Crippen molar-refractivity contribution in [3.05, 3.63) is 66.4 Å². The molecular formula is C18H18N2O2. The Labute approximate surface area is 129 Å². The molecule has 0 amide bonds. The minimum atomic E-state index is -0.395. The first-order valence-corrected chi connectivity index (χ1v) is 7.17. The first-order valence-electron chi connectivity index (χ1n) is 7.17. The van der Waals surface area contributed by atoms with E-state index in [1.54, 1.807) is 0 Å². The third-order valence-corrected chi connectivity index (χ3v) is 3.83. The van der Waals surface area contributed by atoms with Crippen LogP contribution in [0.5, 0.6) is 0 Å². The number of fused-ring (bicyclic) bond motifs is 1. The molecule has 2 aromatic carbocycles. The summed E-state index contributed by atoms with van der Waals surface area (Å²) in [5, 5.41) is 1.02. The molecule has 22 heavy (non-hydrogen) atoms. The standard InChI is InChI=1S/C18H18N2O2/c1-22-18(21)17(11-13-5-3-2-4-6-13)20-10-9-14-12-15(19)7-8-16(14)20/h2-10,12,17H,11,19H2,1H3. The molecule has 0 aliphatic heterocycles. The predicted molar refractivity (Wildman–Crippen MR) is 87.5 cm³/mol. The lowest BCUT2D eigenvalue weighted by atomic mass is 10.1. The maximum atomic E-state index is 12.3. The van der Waals surface area contributed by atoms with Crippen molar-refractivity contribution in [2.45, 2.75) is 12.5 Å². The number of hydrogen-bond acceptors (Lipinski definition) is 3. The van der Waals surface area contributed by atoms with Gasteiger partial charge in [-0.25, -0.2) is 4.79 Å². The highest BCUT2D eigenvalue weighted by Gasteiger charge is 2.22. The van der Waals surface area contributed by atoms with Crippen LogP contribution >= 0.6 is 0 Å². The van der Waals surface area contributed by atoms with E-state index >= 15 is 0 Å². The fourth-order valence-electron chi connectivity index (χ4n) is 2.72. The van der Waals surface area contributed by atoms with Gasteiger partial charge in [-0.3, -0.25) is 0 Å². The molecule has 1 heterocycles. The molecule has 0 aliphatic rings. The van der Waals surface area contributed by atoms with Crippen molar-refractivity contribution >= 4 is 22.6 Å². The molecule has 4 nitrogen and oxygen atoms in total. The van der Waals surface area contributed by atoms with Crippen LogP contribution in [0.1, 0.15) is 11.6 Å². The average molecular weight is 294 g/mol. The number of hydrogen-bond donors (Lipinski definition) is 1. The van der Waals surface area contributed by atoms with Crippen LogP contribution in [0.2, 0.25) is 0 Å². The summed E-state index contributed by atoms with van der Waals surface area (Å²) >= 11 is 0. The fraction of sp³-hybridized carbons (Fsp3) is 0.167. The van der Waals surface area contributed by atoms with Crippen LogP contribution in [0.15, 0.2) is 60.8 Å². The predicted octanol–water partition coefficient (Wildman–Crippen LogP) is 3.18. The Hall–Kier alpha value is -2.75. The number of ether oxygens (including phenoxy) is 1. The second kappa shape index (κ2) is 5.93. The first kappa shape index (κ1) is 14.2. The SMILES string of the molecule is COC(=O)C(Cc1ccccc1)n1ccc2cc(N)ccc21. The van der Waals surface area contributed by atoms with Gasteiger partial charge in [-0.2, -0.15) is 0 Å². The third-order valence-electron chi connectivity index (χ3n) is 3.83. The summed E-state index contributed by atoms with van der Waals surface area (Å²) in [6, 6.07) is 17.2. The number of aromatic nitrogens is 1. The number of esters is 1. The van der Waals surface area contributed by atoms with Crippen LogP contribution < -0.4 is 5.73 Å². The smallest absolute Gasteiger partial charge is 0.329 e. The molecule has 0 bridgehead atoms. The lowest BCUT2D eigenvalue weighted by Gasteiger charge is -2.18. The van der Waals surface area contributed by atoms with Crippen LogP contribution in [0.25, 0.3) is 10.9 Å². The molecule has 1 atom stereocenters. The maximum absolute atomic E-state index is 12.3. The molecule has 112 valence electrons. The molecule has 0 saturated heterocycles. The zero-order valence-electron chi connectivity index (χ0n) is 12.4. The average Bonchev–Trinajstić information content (AvgIpc) is 2.95. The molecule has 0 spiro atoms. The topological polar surface area (TPSA) is 57.2 Å². The van der Waals surface area contributed by atoms with Crippen LogP contribution in [-0.4, -0.2) is 17.6 Å². The largest absolute Gasteiger partial charge is 0.467 e. The van der Waals surface area contributed by atoms with Gasteiger partial charge in [0.2, 0.25) is 0 Å². The highest BCUT2D eigenvalue weighted by Crippen LogP contribution is 2.25. The number of carbonyl (C=O) groups excluding carboxylic acids is 1. The Bertz CT molecular complexity index is 793. The fourth-order valence-corrected chi connectivity index (χ4v) is 2.72. The molecule has 0 radical (unpaired) electrons. The second-order valence-electron chi connectivity index (χ2n) is 5.27. The molecule has 0 aliphatic carbocycles. The summed E-state index contributed by atoms with van der Waals surface area (Å²) in [4.78, 5) is 12.3. The number of benzene rings is 2. The van der Waals surface area contributed by atoms with Crippen LogP contribution in [-0.2, 0) is 16.0 Å². The van der Waals surface area contributed by atoms with Crippen molar-refractivity contribution in [3.8, 4) is 0 Å². The van der Waals surface area contributed by atoms with Gasteiger partial charge in [-0.05, 0) is 29.8 Å². The molecule has 0 fully saturated rings. The van der Waals surface area contributed by atoms with Gasteiger partial charge >= 0.3 is 5.97 Å². The van der Waals surface area contributed by atoms with Gasteiger partial charge in [0.25, 0.3) is 0 Å². The molecule has 2 N–H and O–H groups in total. The Morgan fingerprint density at radius 1 is 1.18 bits per heavy atom. The van der Waals surface area contributed by atoms with Gasteiger partial charge in [0.1, 0.15) is 6.04 Å². The number of carbonyl (C=O) groups is 1. The summed E-state index contributed by atoms with van der Waals surface area (Å²) in [6.07, 6.45) is 2.50. The van der Waals surface area contributed by atoms with Crippen molar-refractivity contribution in [2.75, 3.05) is 12.8 Å². The molecule has 3 rings (SSSR count). The normalized spacial score (nSPS) is 12.2. The Balaban J connectivity index is 2.02. The minimum Gasteiger partial charge on any atom is -0.467 e. The number of methoxy groups -OCH3 is 1. The van der Waals surface area contributed by atoms with E-state index in [1.165, 1.54) is 7.11 Å². The van der Waals surface area contributed by atoms with E-state index in [0.29, 0.717) is 12.1 Å². The van der Waals surface area contributed by atoms with E-state index in [9.17, 15) is 4.79 Å². The van der Waals surface area contributed by atoms with Gasteiger partial charge in [-0.1, -0.05) is 30.3 Å². The van der Waals surface area contributed by atoms with Gasteiger partial charge in [0.15, 0.2) is 0 Å². The monoisotopic (exact) mass is 294 g/mol. The lowest BCUT2D eigenvalue weighted by Crippen LogP contribution is -2.22. The zero-order valence-corrected chi connectivity index (χ0v) is 12.4. The van der Waals surface area contributed by atoms with Crippen LogP contribution in [0.4, 0.5) is 5.69 Å². The first-order chi connectivity index (χ1) is 10.7. The molecular weight excluding hydrogens is 276 g/mol. The van der Waals surface area contributed by atoms with Gasteiger partial charge < -0.3 is 15.0 Å². The van der Waals surface area contributed by atoms with E-state index in [1.807, 2.05) is 65.4 Å². The van der Waals surface area contributed by atoms with Crippen molar-refractivity contribution in [3.63, 3.8) is 0 Å². The lowest BCUT2D eigenvalue weighted by molar-refractivity contribution is -0.144. The molecule has 1 unspecified atom stereocenters. The summed E-state index contributed by atoms with van der Waals surface area (Å²) in [5.74, 6) is -0.252. The Kier molecular flexibility index (Phi) is 3.83. The quantitative estimate of drug-likeness (QED) is 0.594. The maximum Gasteiger partial charge on any atom is 0.329 e. The highest BCUT2D eigenvalue weighted by atomic mass is 16.5. The van der Waals surface area contributed by atoms with E-state index in [-0.39, 0.29) is 5.97 Å². The Morgan fingerprint density at radius 3 is 2.68 bits per heavy atom. The van der Waals surface area contributed by atoms with E-state index < -0.39 is 6.04 Å². The van der Waals surface area contributed by atoms with E-state index in [0.717, 1.165) is 16.5 Å². The Morgan fingerprint density at radius 2 is 1.95 bits per heavy atom. The van der Waals surface area contributed by atoms with E-state index in [2.05, 4.69) is 0 Å².